The van der Waals surface area contributed by atoms with Gasteiger partial charge in [0.1, 0.15) is 95.9 Å². The van der Waals surface area contributed by atoms with E-state index in [-0.39, 0.29) is 58.0 Å². The fourth-order valence-corrected chi connectivity index (χ4v) is 16.0. The van der Waals surface area contributed by atoms with Crippen molar-refractivity contribution in [3.63, 3.8) is 0 Å². The van der Waals surface area contributed by atoms with Crippen molar-refractivity contribution >= 4 is 92.7 Å². The molecule has 4 saturated heterocycles. The van der Waals surface area contributed by atoms with Crippen LogP contribution in [0, 0.1) is 0 Å². The number of amides is 2. The molecular weight excluding hydrogens is 1450 g/mol. The normalized spacial score (nSPS) is 33.3. The molecule has 0 aliphatic carbocycles. The fraction of sp³-hybridized carbons (Fsp3) is 0.500. The molecule has 540 valence electrons. The molecule has 54 heteroatoms. The topological polar surface area (TPSA) is 728 Å². The highest BCUT2D eigenvalue weighted by Gasteiger charge is 2.62. The lowest BCUT2D eigenvalue weighted by molar-refractivity contribution is -0.115. The molecule has 4 aromatic heterocycles. The van der Waals surface area contributed by atoms with Crippen molar-refractivity contribution in [3.8, 4) is 0 Å². The van der Waals surface area contributed by atoms with E-state index in [2.05, 4.69) is 38.5 Å². The van der Waals surface area contributed by atoms with Crippen LogP contribution in [0.1, 0.15) is 25.3 Å². The lowest BCUT2D eigenvalue weighted by Gasteiger charge is -2.33. The third kappa shape index (κ3) is 16.4. The van der Waals surface area contributed by atoms with Gasteiger partial charge in [-0.15, -0.1) is 0 Å². The van der Waals surface area contributed by atoms with E-state index < -0.39 is 182 Å². The summed E-state index contributed by atoms with van der Waals surface area (Å²) in [6.07, 6.45) is -17.2. The first-order valence-corrected chi connectivity index (χ1v) is 36.7. The Bertz CT molecular complexity index is 3920. The van der Waals surface area contributed by atoms with Crippen LogP contribution in [-0.4, -0.2) is 242 Å². The Morgan fingerprint density at radius 1 is 0.531 bits per heavy atom. The number of imidazole rings is 2. The molecule has 6 aliphatic rings. The summed E-state index contributed by atoms with van der Waals surface area (Å²) in [5.74, 6) is -2.39. The minimum atomic E-state index is -6.32. The van der Waals surface area contributed by atoms with Crippen LogP contribution >= 0.6 is 46.9 Å². The highest BCUT2D eigenvalue weighted by Crippen LogP contribution is 2.63. The Hall–Kier alpha value is -5.72. The number of primary amides is 2. The fourth-order valence-electron chi connectivity index (χ4n) is 10.6. The van der Waals surface area contributed by atoms with Crippen LogP contribution in [0.4, 0.5) is 11.6 Å². The van der Waals surface area contributed by atoms with Crippen LogP contribution in [0.25, 0.3) is 22.3 Å². The van der Waals surface area contributed by atoms with E-state index >= 15 is 0 Å². The number of nitrogens with two attached hydrogens (primary N) is 4. The molecule has 10 rings (SSSR count). The van der Waals surface area contributed by atoms with Gasteiger partial charge in [0.05, 0.1) is 39.1 Å². The zero-order chi connectivity index (χ0) is 71.6. The number of fused-ring (bicyclic) bond motifs is 2. The summed E-state index contributed by atoms with van der Waals surface area (Å²) in [6, 6.07) is 0. The predicted octanol–water partition coefficient (Wildman–Crippen LogP) is -4.83. The van der Waals surface area contributed by atoms with Gasteiger partial charge in [0, 0.05) is 35.9 Å². The number of aliphatic hydroxyl groups excluding tert-OH is 6. The van der Waals surface area contributed by atoms with Crippen molar-refractivity contribution in [2.24, 2.45) is 11.5 Å². The molecule has 4 unspecified atom stereocenters. The number of hydrogen-bond donors (Lipinski definition) is 18. The summed E-state index contributed by atoms with van der Waals surface area (Å²) >= 11 is 0. The molecule has 4 aromatic rings. The van der Waals surface area contributed by atoms with E-state index in [9.17, 15) is 107 Å². The molecule has 6 aliphatic heterocycles. The molecular formula is C44H60N14O34P6. The lowest BCUT2D eigenvalue weighted by Crippen LogP contribution is -2.49. The molecule has 0 radical (unpaired) electrons. The number of rotatable bonds is 28. The first-order valence-electron chi connectivity index (χ1n) is 27.6. The average Bonchev–Trinajstić information content (AvgIpc) is 1.58. The van der Waals surface area contributed by atoms with Crippen molar-refractivity contribution in [3.05, 3.63) is 85.6 Å². The molecule has 0 spiro atoms. The highest BCUT2D eigenvalue weighted by atomic mass is 31.3. The number of carbonyl (C=O) groups excluding carboxylic acids is 2. The quantitative estimate of drug-likeness (QED) is 0.0187. The second kappa shape index (κ2) is 28.3. The maximum absolute atomic E-state index is 13.9. The van der Waals surface area contributed by atoms with E-state index in [4.69, 9.17) is 69.0 Å². The number of nitrogen functional groups attached to an aromatic ring is 2. The summed E-state index contributed by atoms with van der Waals surface area (Å²) in [5, 5.41) is 68.1. The molecule has 10 heterocycles. The van der Waals surface area contributed by atoms with Crippen LogP contribution in [0.2, 0.25) is 0 Å². The van der Waals surface area contributed by atoms with Gasteiger partial charge in [0.25, 0.3) is 0 Å². The van der Waals surface area contributed by atoms with Gasteiger partial charge in [-0.1, -0.05) is 12.2 Å². The van der Waals surface area contributed by atoms with Gasteiger partial charge in [0.2, 0.25) is 11.8 Å². The van der Waals surface area contributed by atoms with E-state index in [0.29, 0.717) is 12.2 Å². The number of carbonyl (C=O) groups is 2. The SMILES string of the molecule is NC(=O)C1=CN([C@@H]2O[C@H](COP(=O)(O)OP(=O)(O)OC[C@@]3(/C=C/[C@]4(COP(=O)(O)OP(=O)(O)OC[C@H]5O[C@@H](N6C=CCC(C(N)=O)=C6)[C@H](O)[C@@H]5O)O[C@@H](n5cnc6c(N)ncnc65)[C@H](OP(=O)(O)O)[C@H]4O)O[C@@H](n4cnc5c(N)ncnc54)[C@H](OP(=O)(O)O)[C@H]3O)[C@@H](O)[C@H]2O)C=CC1. The van der Waals surface area contributed by atoms with Crippen molar-refractivity contribution in [1.29, 1.82) is 0 Å². The zero-order valence-corrected chi connectivity index (χ0v) is 54.5. The molecule has 20 atom stereocenters. The van der Waals surface area contributed by atoms with Crippen LogP contribution in [-0.2, 0) is 91.7 Å². The Morgan fingerprint density at radius 3 is 1.23 bits per heavy atom. The Balaban J connectivity index is 0.988. The van der Waals surface area contributed by atoms with Crippen molar-refractivity contribution in [2.75, 3.05) is 37.9 Å². The second-order valence-electron chi connectivity index (χ2n) is 21.8. The van der Waals surface area contributed by atoms with E-state index in [1.807, 2.05) is 0 Å². The molecule has 4 fully saturated rings. The third-order valence-electron chi connectivity index (χ3n) is 15.2. The summed E-state index contributed by atoms with van der Waals surface area (Å²) in [7, 11) is -36.6. The summed E-state index contributed by atoms with van der Waals surface area (Å²) in [4.78, 5) is 135. The molecule has 48 nitrogen and oxygen atoms in total. The second-order valence-corrected chi connectivity index (χ2v) is 30.3. The van der Waals surface area contributed by atoms with Gasteiger partial charge < -0.3 is 121 Å². The number of nitrogens with zero attached hydrogens (tertiary/aromatic N) is 10. The minimum Gasteiger partial charge on any atom is -0.387 e. The smallest absolute Gasteiger partial charge is 0.387 e. The maximum Gasteiger partial charge on any atom is 0.481 e. The number of aromatic nitrogens is 8. The maximum atomic E-state index is 13.9. The Labute approximate surface area is 546 Å². The monoisotopic (exact) mass is 1510 g/mol. The van der Waals surface area contributed by atoms with Gasteiger partial charge in [0.15, 0.2) is 47.8 Å². The van der Waals surface area contributed by atoms with Gasteiger partial charge in [-0.05, 0) is 25.0 Å². The number of phosphoric ester groups is 6. The summed E-state index contributed by atoms with van der Waals surface area (Å²) in [5.41, 5.74) is 15.0. The number of ether oxygens (including phenoxy) is 4. The number of hydrogen-bond acceptors (Lipinski definition) is 36. The Morgan fingerprint density at radius 2 is 0.888 bits per heavy atom. The van der Waals surface area contributed by atoms with Crippen molar-refractivity contribution in [2.45, 2.75) is 110 Å². The van der Waals surface area contributed by atoms with Crippen LogP contribution in [0.3, 0.4) is 0 Å². The molecule has 2 amide bonds. The summed E-state index contributed by atoms with van der Waals surface area (Å²) < 4.78 is 144. The third-order valence-corrected chi connectivity index (χ3v) is 21.4. The van der Waals surface area contributed by atoms with Gasteiger partial charge in [-0.25, -0.2) is 57.3 Å². The molecule has 0 bridgehead atoms. The number of aliphatic hydroxyl groups is 6. The number of allylic oxidation sites excluding steroid dienone is 2. The van der Waals surface area contributed by atoms with E-state index in [0.717, 1.165) is 44.2 Å². The van der Waals surface area contributed by atoms with Crippen LogP contribution in [0.15, 0.2) is 85.6 Å². The van der Waals surface area contributed by atoms with Crippen molar-refractivity contribution in [1.82, 2.24) is 48.8 Å². The average molecular weight is 1510 g/mol. The minimum absolute atomic E-state index is 0.0363. The predicted molar refractivity (Wildman–Crippen MR) is 313 cm³/mol. The highest BCUT2D eigenvalue weighted by molar-refractivity contribution is 7.61. The zero-order valence-electron chi connectivity index (χ0n) is 49.1. The summed E-state index contributed by atoms with van der Waals surface area (Å²) in [6.45, 7) is -6.17. The number of phosphoric acid groups is 6. The molecule has 98 heavy (non-hydrogen) atoms. The van der Waals surface area contributed by atoms with E-state index in [1.54, 1.807) is 0 Å². The molecule has 0 aromatic carbocycles. The first-order chi connectivity index (χ1) is 45.6. The first kappa shape index (κ1) is 75.0. The van der Waals surface area contributed by atoms with E-state index in [1.165, 1.54) is 37.0 Å². The van der Waals surface area contributed by atoms with Crippen molar-refractivity contribution < 1.29 is 161 Å². The van der Waals surface area contributed by atoms with Gasteiger partial charge >= 0.3 is 46.9 Å². The number of anilines is 2. The van der Waals surface area contributed by atoms with Crippen LogP contribution < -0.4 is 22.9 Å². The molecule has 0 saturated carbocycles. The van der Waals surface area contributed by atoms with Gasteiger partial charge in [-0.2, -0.15) is 8.62 Å². The van der Waals surface area contributed by atoms with Gasteiger partial charge in [-0.3, -0.25) is 45.9 Å². The molecule has 22 N–H and O–H groups in total. The Kier molecular flexibility index (Phi) is 21.6. The largest absolute Gasteiger partial charge is 0.481 e. The van der Waals surface area contributed by atoms with Crippen LogP contribution in [0.5, 0.6) is 0 Å². The standard InChI is InChI=1S/C44H60N14O34P6/c45-33-23-37(51-15-49-33)57(17-53-23)41-29(89-93(67,68)69)31(63)43(87-41,13-83-97(77,78)91-95(73,74)81-11-21-25(59)27(61)39(85-21)55-7-1-3-19(9-55)35(47)65)5-6-44(32(64)30(90-94(70,71)72)42(88-44)58-18-54-24-34(46)50-16-52-38(24)58)14-84-98(79,80)92-96(75,76)82-12-22-26(60)28(62)40(86-22)56-8-2-4-20(10-56)36(48)66/h1-2,5-10,15-18,21-22,25-32,39-42,59-64H,3-4,11-14H2,(H2,47,65)(H2,48,66)(H,73,74)(H,75,76)(H,77,78)(H,79,80)(H2,45,49,51)(H2,46,50,52)(H2,67,68,69)(H2,70,71,72)/b6-5+/t21-,22-,25-,26-,27-,28-,29-,30-,31-,32-,39-,40-,41-,42-,43-,44-/m1/s1. The lowest BCUT2D eigenvalue weighted by atomic mass is 9.89.